The van der Waals surface area contributed by atoms with Gasteiger partial charge in [-0.2, -0.15) is 0 Å². The van der Waals surface area contributed by atoms with Crippen LogP contribution in [0.1, 0.15) is 26.3 Å². The summed E-state index contributed by atoms with van der Waals surface area (Å²) in [5.41, 5.74) is 1.57. The molecule has 0 amide bonds. The van der Waals surface area contributed by atoms with E-state index in [0.717, 1.165) is 5.56 Å². The van der Waals surface area contributed by atoms with Crippen LogP contribution in [0.5, 0.6) is 0 Å². The van der Waals surface area contributed by atoms with E-state index in [1.165, 1.54) is 6.07 Å². The maximum atomic E-state index is 11.1. The molecule has 0 aromatic heterocycles. The van der Waals surface area contributed by atoms with Gasteiger partial charge < -0.3 is 10.1 Å². The first kappa shape index (κ1) is 15.4. The topological polar surface area (TPSA) is 64.4 Å². The first-order chi connectivity index (χ1) is 8.97. The molecule has 0 heterocycles. The molecule has 0 aliphatic heterocycles. The van der Waals surface area contributed by atoms with E-state index in [4.69, 9.17) is 4.74 Å². The summed E-state index contributed by atoms with van der Waals surface area (Å²) in [6.45, 7) is 9.13. The van der Waals surface area contributed by atoms with Crippen molar-refractivity contribution in [1.29, 1.82) is 0 Å². The Balaban J connectivity index is 2.98. The second kappa shape index (κ2) is 7.09. The van der Waals surface area contributed by atoms with E-state index >= 15 is 0 Å². The maximum Gasteiger partial charge on any atom is 0.292 e. The van der Waals surface area contributed by atoms with Crippen molar-refractivity contribution in [3.05, 3.63) is 33.9 Å². The number of nitrogens with one attached hydrogen (secondary N) is 1. The van der Waals surface area contributed by atoms with Gasteiger partial charge in [0.15, 0.2) is 0 Å². The first-order valence-electron chi connectivity index (χ1n) is 6.55. The number of benzene rings is 1. The molecule has 1 aromatic rings. The van der Waals surface area contributed by atoms with Gasteiger partial charge in [0.25, 0.3) is 5.69 Å². The zero-order valence-corrected chi connectivity index (χ0v) is 12.0. The quantitative estimate of drug-likeness (QED) is 0.607. The van der Waals surface area contributed by atoms with E-state index in [-0.39, 0.29) is 16.7 Å². The predicted molar refractivity (Wildman–Crippen MR) is 76.6 cm³/mol. The molecule has 0 aliphatic carbocycles. The summed E-state index contributed by atoms with van der Waals surface area (Å²) < 4.78 is 5.44. The molecule has 0 aliphatic rings. The SMILES string of the molecule is CCOCC(Nc1c(C)cccc1[N+](=O)[O-])C(C)C. The Kier molecular flexibility index (Phi) is 5.76. The van der Waals surface area contributed by atoms with E-state index in [9.17, 15) is 10.1 Å². The molecule has 1 aromatic carbocycles. The van der Waals surface area contributed by atoms with Crippen molar-refractivity contribution in [2.75, 3.05) is 18.5 Å². The molecule has 0 bridgehead atoms. The van der Waals surface area contributed by atoms with E-state index in [0.29, 0.717) is 24.8 Å². The average molecular weight is 266 g/mol. The summed E-state index contributed by atoms with van der Waals surface area (Å²) in [6.07, 6.45) is 0. The van der Waals surface area contributed by atoms with Gasteiger partial charge in [-0.1, -0.05) is 26.0 Å². The second-order valence-corrected chi connectivity index (χ2v) is 4.88. The summed E-state index contributed by atoms with van der Waals surface area (Å²) in [7, 11) is 0. The van der Waals surface area contributed by atoms with Crippen LogP contribution in [0.3, 0.4) is 0 Å². The third-order valence-electron chi connectivity index (χ3n) is 3.08. The van der Waals surface area contributed by atoms with Gasteiger partial charge in [-0.15, -0.1) is 0 Å². The molecule has 0 spiro atoms. The van der Waals surface area contributed by atoms with Crippen LogP contribution in [0, 0.1) is 23.0 Å². The predicted octanol–water partition coefficient (Wildman–Crippen LogP) is 3.38. The van der Waals surface area contributed by atoms with Crippen molar-refractivity contribution in [1.82, 2.24) is 0 Å². The van der Waals surface area contributed by atoms with Gasteiger partial charge in [-0.25, -0.2) is 0 Å². The Bertz CT molecular complexity index is 433. The lowest BCUT2D eigenvalue weighted by Crippen LogP contribution is -2.31. The van der Waals surface area contributed by atoms with Gasteiger partial charge in [-0.3, -0.25) is 10.1 Å². The fourth-order valence-corrected chi connectivity index (χ4v) is 1.82. The Morgan fingerprint density at radius 1 is 1.42 bits per heavy atom. The lowest BCUT2D eigenvalue weighted by molar-refractivity contribution is -0.384. The molecular weight excluding hydrogens is 244 g/mol. The average Bonchev–Trinajstić information content (AvgIpc) is 2.35. The van der Waals surface area contributed by atoms with Crippen molar-refractivity contribution in [3.8, 4) is 0 Å². The van der Waals surface area contributed by atoms with Crippen molar-refractivity contribution >= 4 is 11.4 Å². The molecule has 5 nitrogen and oxygen atoms in total. The van der Waals surface area contributed by atoms with E-state index in [1.54, 1.807) is 6.07 Å². The normalized spacial score (nSPS) is 12.5. The van der Waals surface area contributed by atoms with Crippen molar-refractivity contribution in [3.63, 3.8) is 0 Å². The number of para-hydroxylation sites is 1. The molecule has 0 saturated heterocycles. The third-order valence-corrected chi connectivity index (χ3v) is 3.08. The molecule has 0 radical (unpaired) electrons. The molecule has 19 heavy (non-hydrogen) atoms. The molecule has 1 unspecified atom stereocenters. The summed E-state index contributed by atoms with van der Waals surface area (Å²) in [5.74, 6) is 0.325. The van der Waals surface area contributed by atoms with Gasteiger partial charge in [-0.05, 0) is 25.3 Å². The lowest BCUT2D eigenvalue weighted by atomic mass is 10.0. The van der Waals surface area contributed by atoms with E-state index in [1.807, 2.05) is 19.9 Å². The fourth-order valence-electron chi connectivity index (χ4n) is 1.82. The number of ether oxygens (including phenoxy) is 1. The molecule has 1 atom stereocenters. The third kappa shape index (κ3) is 4.21. The highest BCUT2D eigenvalue weighted by atomic mass is 16.6. The Hall–Kier alpha value is -1.62. The van der Waals surface area contributed by atoms with Gasteiger partial charge in [0.1, 0.15) is 5.69 Å². The zero-order valence-electron chi connectivity index (χ0n) is 12.0. The number of nitrogens with zero attached hydrogens (tertiary/aromatic N) is 1. The van der Waals surface area contributed by atoms with Crippen LogP contribution in [0.2, 0.25) is 0 Å². The standard InChI is InChI=1S/C14H22N2O3/c1-5-19-9-12(10(2)3)15-14-11(4)7-6-8-13(14)16(17)18/h6-8,10,12,15H,5,9H2,1-4H3. The minimum atomic E-state index is -0.354. The van der Waals surface area contributed by atoms with Gasteiger partial charge >= 0.3 is 0 Å². The lowest BCUT2D eigenvalue weighted by Gasteiger charge is -2.24. The van der Waals surface area contributed by atoms with Crippen LogP contribution in [0.15, 0.2) is 18.2 Å². The number of aryl methyl sites for hydroxylation is 1. The van der Waals surface area contributed by atoms with Gasteiger partial charge in [0.2, 0.25) is 0 Å². The van der Waals surface area contributed by atoms with E-state index < -0.39 is 0 Å². The molecular formula is C14H22N2O3. The molecule has 0 fully saturated rings. The molecule has 106 valence electrons. The number of hydrogen-bond acceptors (Lipinski definition) is 4. The zero-order chi connectivity index (χ0) is 14.4. The van der Waals surface area contributed by atoms with Crippen LogP contribution < -0.4 is 5.32 Å². The first-order valence-corrected chi connectivity index (χ1v) is 6.55. The second-order valence-electron chi connectivity index (χ2n) is 4.88. The Morgan fingerprint density at radius 3 is 2.63 bits per heavy atom. The van der Waals surface area contributed by atoms with Gasteiger partial charge in [0.05, 0.1) is 17.6 Å². The fraction of sp³-hybridized carbons (Fsp3) is 0.571. The largest absolute Gasteiger partial charge is 0.380 e. The van der Waals surface area contributed by atoms with Crippen LogP contribution in [-0.4, -0.2) is 24.2 Å². The highest BCUT2D eigenvalue weighted by Crippen LogP contribution is 2.29. The van der Waals surface area contributed by atoms with Crippen molar-refractivity contribution < 1.29 is 9.66 Å². The molecule has 1 rings (SSSR count). The van der Waals surface area contributed by atoms with Crippen LogP contribution in [0.25, 0.3) is 0 Å². The van der Waals surface area contributed by atoms with Crippen molar-refractivity contribution in [2.45, 2.75) is 33.7 Å². The Morgan fingerprint density at radius 2 is 2.11 bits per heavy atom. The summed E-state index contributed by atoms with van der Waals surface area (Å²) >= 11 is 0. The summed E-state index contributed by atoms with van der Waals surface area (Å²) in [6, 6.07) is 5.14. The highest BCUT2D eigenvalue weighted by molar-refractivity contribution is 5.66. The van der Waals surface area contributed by atoms with Crippen LogP contribution in [-0.2, 0) is 4.74 Å². The smallest absolute Gasteiger partial charge is 0.292 e. The van der Waals surface area contributed by atoms with Gasteiger partial charge in [0, 0.05) is 12.7 Å². The minimum Gasteiger partial charge on any atom is -0.380 e. The van der Waals surface area contributed by atoms with Crippen LogP contribution in [0.4, 0.5) is 11.4 Å². The summed E-state index contributed by atoms with van der Waals surface area (Å²) in [5, 5.41) is 14.3. The summed E-state index contributed by atoms with van der Waals surface area (Å²) in [4.78, 5) is 10.7. The molecule has 1 N–H and O–H groups in total. The molecule has 5 heteroatoms. The number of nitro groups is 1. The Labute approximate surface area is 114 Å². The number of anilines is 1. The maximum absolute atomic E-state index is 11.1. The number of rotatable bonds is 7. The monoisotopic (exact) mass is 266 g/mol. The van der Waals surface area contributed by atoms with E-state index in [2.05, 4.69) is 19.2 Å². The van der Waals surface area contributed by atoms with Crippen molar-refractivity contribution in [2.24, 2.45) is 5.92 Å². The minimum absolute atomic E-state index is 0.0553. The van der Waals surface area contributed by atoms with Crippen LogP contribution >= 0.6 is 0 Å². The highest BCUT2D eigenvalue weighted by Gasteiger charge is 2.20. The number of nitro benzene ring substituents is 1. The number of hydrogen-bond donors (Lipinski definition) is 1. The molecule has 0 saturated carbocycles.